The molecule has 0 amide bonds. The maximum absolute atomic E-state index is 13.7. The molecule has 0 saturated carbocycles. The van der Waals surface area contributed by atoms with Crippen molar-refractivity contribution in [3.63, 3.8) is 0 Å². The second-order valence-electron chi connectivity index (χ2n) is 4.90. The average Bonchev–Trinajstić information content (AvgIpc) is 2.74. The summed E-state index contributed by atoms with van der Waals surface area (Å²) < 4.78 is 19.3. The molecule has 0 spiro atoms. The standard InChI is InChI=1S/C16H19ClFNO/c1-4-8-19-16(13-9-10(2)20-11(13)3)12-6-5-7-14(18)15(12)17/h5-7,9,16,19H,4,8H2,1-3H3. The Morgan fingerprint density at radius 3 is 2.65 bits per heavy atom. The van der Waals surface area contributed by atoms with E-state index in [4.69, 9.17) is 16.0 Å². The molecular formula is C16H19ClFNO. The topological polar surface area (TPSA) is 25.2 Å². The summed E-state index contributed by atoms with van der Waals surface area (Å²) in [7, 11) is 0. The van der Waals surface area contributed by atoms with Gasteiger partial charge in [-0.2, -0.15) is 0 Å². The Kier molecular flexibility index (Phi) is 4.84. The highest BCUT2D eigenvalue weighted by Gasteiger charge is 2.22. The molecule has 1 N–H and O–H groups in total. The molecule has 1 atom stereocenters. The highest BCUT2D eigenvalue weighted by molar-refractivity contribution is 6.31. The summed E-state index contributed by atoms with van der Waals surface area (Å²) in [4.78, 5) is 0. The van der Waals surface area contributed by atoms with Gasteiger partial charge in [0.15, 0.2) is 0 Å². The molecular weight excluding hydrogens is 277 g/mol. The zero-order valence-electron chi connectivity index (χ0n) is 12.0. The van der Waals surface area contributed by atoms with E-state index in [9.17, 15) is 4.39 Å². The van der Waals surface area contributed by atoms with E-state index < -0.39 is 5.82 Å². The average molecular weight is 296 g/mol. The highest BCUT2D eigenvalue weighted by atomic mass is 35.5. The molecule has 0 bridgehead atoms. The monoisotopic (exact) mass is 295 g/mol. The molecule has 0 saturated heterocycles. The number of benzene rings is 1. The van der Waals surface area contributed by atoms with Gasteiger partial charge in [0.05, 0.1) is 11.1 Å². The molecule has 2 rings (SSSR count). The van der Waals surface area contributed by atoms with E-state index >= 15 is 0 Å². The number of aryl methyl sites for hydroxylation is 2. The smallest absolute Gasteiger partial charge is 0.142 e. The van der Waals surface area contributed by atoms with Gasteiger partial charge in [0.1, 0.15) is 17.3 Å². The second kappa shape index (κ2) is 6.42. The molecule has 0 aliphatic carbocycles. The van der Waals surface area contributed by atoms with Crippen LogP contribution >= 0.6 is 11.6 Å². The van der Waals surface area contributed by atoms with Crippen LogP contribution in [0.2, 0.25) is 5.02 Å². The first kappa shape index (κ1) is 15.1. The van der Waals surface area contributed by atoms with Crippen molar-refractivity contribution in [1.82, 2.24) is 5.32 Å². The van der Waals surface area contributed by atoms with Crippen molar-refractivity contribution in [3.05, 3.63) is 57.8 Å². The normalized spacial score (nSPS) is 12.7. The molecule has 0 aliphatic rings. The zero-order valence-corrected chi connectivity index (χ0v) is 12.7. The van der Waals surface area contributed by atoms with Crippen LogP contribution in [0.25, 0.3) is 0 Å². The SMILES string of the molecule is CCCNC(c1cc(C)oc1C)c1cccc(F)c1Cl. The van der Waals surface area contributed by atoms with E-state index in [1.165, 1.54) is 6.07 Å². The fourth-order valence-electron chi connectivity index (χ4n) is 2.36. The molecule has 2 nitrogen and oxygen atoms in total. The maximum atomic E-state index is 13.7. The summed E-state index contributed by atoms with van der Waals surface area (Å²) in [6, 6.07) is 6.72. The lowest BCUT2D eigenvalue weighted by Gasteiger charge is -2.20. The Labute approximate surface area is 123 Å². The minimum absolute atomic E-state index is 0.157. The third-order valence-electron chi connectivity index (χ3n) is 3.28. The highest BCUT2D eigenvalue weighted by Crippen LogP contribution is 2.33. The third-order valence-corrected chi connectivity index (χ3v) is 3.68. The Bertz CT molecular complexity index is 594. The first-order chi connectivity index (χ1) is 9.54. The van der Waals surface area contributed by atoms with Crippen molar-refractivity contribution >= 4 is 11.6 Å². The van der Waals surface area contributed by atoms with Gasteiger partial charge in [-0.1, -0.05) is 30.7 Å². The number of hydrogen-bond acceptors (Lipinski definition) is 2. The van der Waals surface area contributed by atoms with Crippen molar-refractivity contribution in [2.24, 2.45) is 0 Å². The van der Waals surface area contributed by atoms with E-state index in [0.717, 1.165) is 35.6 Å². The summed E-state index contributed by atoms with van der Waals surface area (Å²) >= 11 is 6.13. The Morgan fingerprint density at radius 2 is 2.05 bits per heavy atom. The minimum Gasteiger partial charge on any atom is -0.466 e. The van der Waals surface area contributed by atoms with Crippen LogP contribution in [0, 0.1) is 19.7 Å². The van der Waals surface area contributed by atoms with Gasteiger partial charge in [-0.05, 0) is 44.5 Å². The van der Waals surface area contributed by atoms with Gasteiger partial charge >= 0.3 is 0 Å². The van der Waals surface area contributed by atoms with Crippen LogP contribution in [0.3, 0.4) is 0 Å². The van der Waals surface area contributed by atoms with Crippen LogP contribution in [0.15, 0.2) is 28.7 Å². The summed E-state index contributed by atoms with van der Waals surface area (Å²) in [5.41, 5.74) is 1.74. The summed E-state index contributed by atoms with van der Waals surface area (Å²) in [6.07, 6.45) is 0.985. The minimum atomic E-state index is -0.398. The van der Waals surface area contributed by atoms with Gasteiger partial charge in [-0.3, -0.25) is 0 Å². The van der Waals surface area contributed by atoms with Crippen LogP contribution in [-0.4, -0.2) is 6.54 Å². The van der Waals surface area contributed by atoms with Gasteiger partial charge in [-0.25, -0.2) is 4.39 Å². The lowest BCUT2D eigenvalue weighted by Crippen LogP contribution is -2.24. The molecule has 108 valence electrons. The Hall–Kier alpha value is -1.32. The first-order valence-electron chi connectivity index (χ1n) is 6.78. The number of nitrogens with one attached hydrogen (secondary N) is 1. The fraction of sp³-hybridized carbons (Fsp3) is 0.375. The summed E-state index contributed by atoms with van der Waals surface area (Å²) in [5.74, 6) is 1.27. The maximum Gasteiger partial charge on any atom is 0.142 e. The molecule has 1 heterocycles. The van der Waals surface area contributed by atoms with Crippen molar-refractivity contribution in [1.29, 1.82) is 0 Å². The van der Waals surface area contributed by atoms with Crippen molar-refractivity contribution in [2.75, 3.05) is 6.54 Å². The molecule has 1 unspecified atom stereocenters. The molecule has 0 aliphatic heterocycles. The van der Waals surface area contributed by atoms with E-state index in [-0.39, 0.29) is 11.1 Å². The third kappa shape index (κ3) is 3.05. The van der Waals surface area contributed by atoms with Gasteiger partial charge in [0.2, 0.25) is 0 Å². The molecule has 2 aromatic rings. The van der Waals surface area contributed by atoms with Crippen LogP contribution in [0.1, 0.15) is 42.0 Å². The number of furan rings is 1. The largest absolute Gasteiger partial charge is 0.466 e. The van der Waals surface area contributed by atoms with Crippen LogP contribution in [0.4, 0.5) is 4.39 Å². The number of rotatable bonds is 5. The van der Waals surface area contributed by atoms with E-state index in [1.807, 2.05) is 26.0 Å². The predicted octanol–water partition coefficient (Wildman–Crippen LogP) is 4.78. The van der Waals surface area contributed by atoms with E-state index in [1.54, 1.807) is 6.07 Å². The van der Waals surface area contributed by atoms with Gasteiger partial charge in [0, 0.05) is 5.56 Å². The van der Waals surface area contributed by atoms with Crippen molar-refractivity contribution in [3.8, 4) is 0 Å². The van der Waals surface area contributed by atoms with Crippen LogP contribution in [0.5, 0.6) is 0 Å². The van der Waals surface area contributed by atoms with Gasteiger partial charge in [0.25, 0.3) is 0 Å². The first-order valence-corrected chi connectivity index (χ1v) is 7.16. The predicted molar refractivity (Wildman–Crippen MR) is 79.7 cm³/mol. The van der Waals surface area contributed by atoms with Crippen LogP contribution in [-0.2, 0) is 0 Å². The molecule has 0 fully saturated rings. The van der Waals surface area contributed by atoms with Crippen molar-refractivity contribution in [2.45, 2.75) is 33.2 Å². The quantitative estimate of drug-likeness (QED) is 0.859. The lowest BCUT2D eigenvalue weighted by atomic mass is 9.98. The Balaban J connectivity index is 2.47. The molecule has 20 heavy (non-hydrogen) atoms. The summed E-state index contributed by atoms with van der Waals surface area (Å²) in [5, 5.41) is 3.58. The fourth-order valence-corrected chi connectivity index (χ4v) is 2.59. The second-order valence-corrected chi connectivity index (χ2v) is 5.28. The van der Waals surface area contributed by atoms with E-state index in [0.29, 0.717) is 0 Å². The number of halogens is 2. The van der Waals surface area contributed by atoms with Gasteiger partial charge in [-0.15, -0.1) is 0 Å². The molecule has 1 aromatic heterocycles. The van der Waals surface area contributed by atoms with Gasteiger partial charge < -0.3 is 9.73 Å². The zero-order chi connectivity index (χ0) is 14.7. The molecule has 0 radical (unpaired) electrons. The lowest BCUT2D eigenvalue weighted by molar-refractivity contribution is 0.493. The van der Waals surface area contributed by atoms with E-state index in [2.05, 4.69) is 12.2 Å². The molecule has 4 heteroatoms. The van der Waals surface area contributed by atoms with Crippen molar-refractivity contribution < 1.29 is 8.81 Å². The molecule has 1 aromatic carbocycles. The number of hydrogen-bond donors (Lipinski definition) is 1. The van der Waals surface area contributed by atoms with Crippen LogP contribution < -0.4 is 5.32 Å². The Morgan fingerprint density at radius 1 is 1.30 bits per heavy atom. The summed E-state index contributed by atoms with van der Waals surface area (Å²) in [6.45, 7) is 6.72.